The maximum absolute atomic E-state index is 14.9. The quantitative estimate of drug-likeness (QED) is 0.373. The van der Waals surface area contributed by atoms with Gasteiger partial charge in [0.25, 0.3) is 5.91 Å². The second-order valence-corrected chi connectivity index (χ2v) is 8.54. The Kier molecular flexibility index (Phi) is 8.06. The Bertz CT molecular complexity index is 1360. The molecule has 3 rings (SSSR count). The molecule has 10 heteroatoms. The number of carbonyl (C=O) groups excluding carboxylic acids is 1. The minimum atomic E-state index is -1.33. The van der Waals surface area contributed by atoms with Gasteiger partial charge in [-0.15, -0.1) is 11.3 Å². The fourth-order valence-electron chi connectivity index (χ4n) is 2.87. The predicted octanol–water partition coefficient (Wildman–Crippen LogP) is 4.88. The first-order valence-electron chi connectivity index (χ1n) is 10.2. The molecule has 0 aliphatic heterocycles. The van der Waals surface area contributed by atoms with Crippen molar-refractivity contribution < 1.29 is 27.9 Å². The zero-order valence-corrected chi connectivity index (χ0v) is 19.8. The highest BCUT2D eigenvalue weighted by Crippen LogP contribution is 2.29. The van der Waals surface area contributed by atoms with Gasteiger partial charge in [-0.25, -0.2) is 22.9 Å². The molecule has 0 saturated carbocycles. The molecule has 0 radical (unpaired) electrons. The van der Waals surface area contributed by atoms with Crippen molar-refractivity contribution in [1.29, 1.82) is 0 Å². The largest absolute Gasteiger partial charge is 0.478 e. The van der Waals surface area contributed by atoms with Gasteiger partial charge in [-0.1, -0.05) is 17.9 Å². The number of thiazole rings is 1. The van der Waals surface area contributed by atoms with Gasteiger partial charge in [-0.2, -0.15) is 0 Å². The van der Waals surface area contributed by atoms with Gasteiger partial charge in [-0.05, 0) is 51.4 Å². The van der Waals surface area contributed by atoms with Crippen LogP contribution in [0.5, 0.6) is 0 Å². The zero-order valence-electron chi connectivity index (χ0n) is 18.9. The number of aliphatic carboxylic acids is 1. The van der Waals surface area contributed by atoms with Crippen LogP contribution in [0.3, 0.4) is 0 Å². The van der Waals surface area contributed by atoms with Crippen LogP contribution in [-0.4, -0.2) is 47.5 Å². The topological polar surface area (TPSA) is 82.5 Å². The second-order valence-electron chi connectivity index (χ2n) is 7.68. The summed E-state index contributed by atoms with van der Waals surface area (Å²) < 4.78 is 43.6. The van der Waals surface area contributed by atoms with Crippen molar-refractivity contribution in [1.82, 2.24) is 9.88 Å². The van der Waals surface area contributed by atoms with E-state index >= 15 is 0 Å². The normalized spacial score (nSPS) is 11.2. The van der Waals surface area contributed by atoms with Gasteiger partial charge >= 0.3 is 5.97 Å². The molecule has 3 aromatic rings. The van der Waals surface area contributed by atoms with E-state index in [4.69, 9.17) is 5.11 Å². The minimum Gasteiger partial charge on any atom is -0.478 e. The molecule has 2 aromatic carbocycles. The summed E-state index contributed by atoms with van der Waals surface area (Å²) in [5, 5.41) is 13.0. The summed E-state index contributed by atoms with van der Waals surface area (Å²) in [4.78, 5) is 29.5. The van der Waals surface area contributed by atoms with Crippen molar-refractivity contribution in [2.45, 2.75) is 6.92 Å². The monoisotopic (exact) mass is 499 g/mol. The average Bonchev–Trinajstić information content (AvgIpc) is 3.24. The summed E-state index contributed by atoms with van der Waals surface area (Å²) in [7, 11) is 3.70. The van der Waals surface area contributed by atoms with Crippen molar-refractivity contribution in [2.75, 3.05) is 26.0 Å². The number of hydrogen-bond acceptors (Lipinski definition) is 5. The van der Waals surface area contributed by atoms with Crippen molar-refractivity contribution in [3.63, 3.8) is 0 Å². The first-order valence-corrected chi connectivity index (χ1v) is 11.0. The molecule has 0 atom stereocenters. The number of hydrogen-bond donors (Lipinski definition) is 2. The highest BCUT2D eigenvalue weighted by molar-refractivity contribution is 7.14. The van der Waals surface area contributed by atoms with Crippen molar-refractivity contribution in [2.24, 2.45) is 0 Å². The lowest BCUT2D eigenvalue weighted by molar-refractivity contribution is -0.132. The maximum atomic E-state index is 14.9. The zero-order chi connectivity index (χ0) is 25.7. The number of rotatable bonds is 6. The number of carboxylic acids is 1. The standard InChI is InChI=1S/C25H20F3N3O3S/c1-14(24(33)34)10-18-19(26)11-16(12-20(18)27)23(32)30-25-29-21(13-35-25)17-8-4-6-15(22(17)28)7-5-9-31(2)3/h4,6,8,10-13H,9H2,1-3H3,(H,33,34)(H,29,30,32). The highest BCUT2D eigenvalue weighted by Gasteiger charge is 2.18. The number of amides is 1. The van der Waals surface area contributed by atoms with Crippen LogP contribution in [0.25, 0.3) is 17.3 Å². The molecular formula is C25H20F3N3O3S. The predicted molar refractivity (Wildman–Crippen MR) is 129 cm³/mol. The molecule has 0 unspecified atom stereocenters. The van der Waals surface area contributed by atoms with E-state index in [0.29, 0.717) is 6.54 Å². The van der Waals surface area contributed by atoms with Crippen molar-refractivity contribution in [3.05, 3.63) is 75.4 Å². The molecule has 2 N–H and O–H groups in total. The number of carbonyl (C=O) groups is 2. The van der Waals surface area contributed by atoms with E-state index in [-0.39, 0.29) is 33.1 Å². The minimum absolute atomic E-state index is 0.0972. The Morgan fingerprint density at radius 1 is 1.20 bits per heavy atom. The van der Waals surface area contributed by atoms with Crippen LogP contribution in [0, 0.1) is 29.3 Å². The highest BCUT2D eigenvalue weighted by atomic mass is 32.1. The number of nitrogens with one attached hydrogen (secondary N) is 1. The molecule has 180 valence electrons. The van der Waals surface area contributed by atoms with Crippen molar-refractivity contribution in [3.8, 4) is 23.1 Å². The summed E-state index contributed by atoms with van der Waals surface area (Å²) >= 11 is 1.01. The molecule has 1 amide bonds. The molecule has 0 saturated heterocycles. The van der Waals surface area contributed by atoms with E-state index in [1.165, 1.54) is 18.4 Å². The molecule has 1 heterocycles. The Hall–Kier alpha value is -3.94. The van der Waals surface area contributed by atoms with E-state index in [1.54, 1.807) is 12.1 Å². The Morgan fingerprint density at radius 3 is 2.51 bits per heavy atom. The molecule has 35 heavy (non-hydrogen) atoms. The second kappa shape index (κ2) is 11.0. The summed E-state index contributed by atoms with van der Waals surface area (Å²) in [6.07, 6.45) is 0.843. The molecular weight excluding hydrogens is 479 g/mol. The molecule has 0 spiro atoms. The lowest BCUT2D eigenvalue weighted by Crippen LogP contribution is -2.13. The van der Waals surface area contributed by atoms with Crippen LogP contribution in [0.2, 0.25) is 0 Å². The van der Waals surface area contributed by atoms with Gasteiger partial charge in [0.2, 0.25) is 0 Å². The van der Waals surface area contributed by atoms with Gasteiger partial charge in [-0.3, -0.25) is 15.0 Å². The van der Waals surface area contributed by atoms with Crippen LogP contribution in [-0.2, 0) is 4.79 Å². The Balaban J connectivity index is 1.81. The van der Waals surface area contributed by atoms with Gasteiger partial charge in [0.1, 0.15) is 17.5 Å². The third-order valence-electron chi connectivity index (χ3n) is 4.66. The molecule has 0 fully saturated rings. The van der Waals surface area contributed by atoms with Crippen LogP contribution >= 0.6 is 11.3 Å². The number of carboxylic acid groups (broad SMARTS) is 1. The van der Waals surface area contributed by atoms with E-state index in [2.05, 4.69) is 22.1 Å². The molecule has 0 aliphatic carbocycles. The fourth-order valence-corrected chi connectivity index (χ4v) is 3.58. The Morgan fingerprint density at radius 2 is 1.89 bits per heavy atom. The summed E-state index contributed by atoms with van der Waals surface area (Å²) in [6.45, 7) is 1.66. The van der Waals surface area contributed by atoms with Gasteiger partial charge in [0.05, 0.1) is 17.8 Å². The number of aromatic nitrogens is 1. The van der Waals surface area contributed by atoms with Crippen molar-refractivity contribution >= 4 is 34.4 Å². The first kappa shape index (κ1) is 25.7. The number of anilines is 1. The molecule has 6 nitrogen and oxygen atoms in total. The van der Waals surface area contributed by atoms with Crippen LogP contribution in [0.4, 0.5) is 18.3 Å². The average molecular weight is 500 g/mol. The van der Waals surface area contributed by atoms with E-state index < -0.39 is 34.9 Å². The van der Waals surface area contributed by atoms with E-state index in [0.717, 1.165) is 29.5 Å². The number of nitrogens with zero attached hydrogens (tertiary/aromatic N) is 2. The SMILES string of the molecule is CC(=Cc1c(F)cc(C(=O)Nc2nc(-c3cccc(C#CCN(C)C)c3F)cs2)cc1F)C(=O)O. The molecule has 0 aliphatic rings. The van der Waals surface area contributed by atoms with Gasteiger partial charge in [0.15, 0.2) is 5.13 Å². The van der Waals surface area contributed by atoms with Crippen LogP contribution in [0.15, 0.2) is 41.3 Å². The molecule has 1 aromatic heterocycles. The van der Waals surface area contributed by atoms with E-state index in [1.807, 2.05) is 19.0 Å². The molecule has 0 bridgehead atoms. The number of benzene rings is 2. The smallest absolute Gasteiger partial charge is 0.331 e. The van der Waals surface area contributed by atoms with E-state index in [9.17, 15) is 22.8 Å². The van der Waals surface area contributed by atoms with Crippen LogP contribution in [0.1, 0.15) is 28.4 Å². The summed E-state index contributed by atoms with van der Waals surface area (Å²) in [5.74, 6) is 0.749. The maximum Gasteiger partial charge on any atom is 0.331 e. The van der Waals surface area contributed by atoms with Gasteiger partial charge < -0.3 is 5.11 Å². The lowest BCUT2D eigenvalue weighted by Gasteiger charge is -2.06. The number of halogens is 3. The fraction of sp³-hybridized carbons (Fsp3) is 0.160. The third-order valence-corrected chi connectivity index (χ3v) is 5.41. The summed E-state index contributed by atoms with van der Waals surface area (Å²) in [5.41, 5.74) is -0.494. The summed E-state index contributed by atoms with van der Waals surface area (Å²) in [6, 6.07) is 6.32. The van der Waals surface area contributed by atoms with Gasteiger partial charge in [0, 0.05) is 27.6 Å². The van der Waals surface area contributed by atoms with Crippen LogP contribution < -0.4 is 5.32 Å². The first-order chi connectivity index (χ1) is 16.6. The lowest BCUT2D eigenvalue weighted by atomic mass is 10.1. The third kappa shape index (κ3) is 6.35. The Labute approximate surface area is 203 Å².